The molecule has 122 valence electrons. The first-order valence-corrected chi connectivity index (χ1v) is 7.91. The fraction of sp³-hybridized carbons (Fsp3) is 0.176. The van der Waals surface area contributed by atoms with E-state index in [1.54, 1.807) is 17.1 Å². The summed E-state index contributed by atoms with van der Waals surface area (Å²) in [6.45, 7) is 1.03. The van der Waals surface area contributed by atoms with Gasteiger partial charge in [-0.05, 0) is 29.8 Å². The number of nitrogens with zero attached hydrogens (tertiary/aromatic N) is 4. The summed E-state index contributed by atoms with van der Waals surface area (Å²) in [5.41, 5.74) is 2.26. The molecule has 0 spiro atoms. The number of rotatable bonds is 6. The van der Waals surface area contributed by atoms with Crippen molar-refractivity contribution in [2.45, 2.75) is 13.0 Å². The summed E-state index contributed by atoms with van der Waals surface area (Å²) >= 11 is 5.86. The molecule has 1 aromatic carbocycles. The second-order valence-corrected chi connectivity index (χ2v) is 5.69. The zero-order valence-electron chi connectivity index (χ0n) is 12.9. The molecule has 1 amide bonds. The Morgan fingerprint density at radius 1 is 1.17 bits per heavy atom. The van der Waals surface area contributed by atoms with Crippen molar-refractivity contribution < 1.29 is 4.79 Å². The van der Waals surface area contributed by atoms with Gasteiger partial charge in [-0.25, -0.2) is 4.68 Å². The minimum Gasteiger partial charge on any atom is -0.350 e. The third kappa shape index (κ3) is 4.39. The molecule has 3 rings (SSSR count). The topological polar surface area (TPSA) is 72.7 Å². The van der Waals surface area contributed by atoms with Gasteiger partial charge in [0.1, 0.15) is 0 Å². The molecule has 2 heterocycles. The average molecular weight is 342 g/mol. The fourth-order valence-electron chi connectivity index (χ4n) is 2.20. The van der Waals surface area contributed by atoms with Crippen LogP contribution in [-0.4, -0.2) is 32.4 Å². The van der Waals surface area contributed by atoms with E-state index in [9.17, 15) is 4.79 Å². The molecule has 24 heavy (non-hydrogen) atoms. The van der Waals surface area contributed by atoms with Crippen LogP contribution in [0.15, 0.2) is 54.9 Å². The number of amides is 1. The third-order valence-corrected chi connectivity index (χ3v) is 3.67. The molecule has 0 aliphatic heterocycles. The summed E-state index contributed by atoms with van der Waals surface area (Å²) < 4.78 is 1.62. The average Bonchev–Trinajstić information content (AvgIpc) is 3.06. The van der Waals surface area contributed by atoms with Crippen LogP contribution in [-0.2, 0) is 13.0 Å². The van der Waals surface area contributed by atoms with E-state index in [1.165, 1.54) is 0 Å². The Morgan fingerprint density at radius 3 is 2.75 bits per heavy atom. The Labute approximate surface area is 144 Å². The van der Waals surface area contributed by atoms with Crippen LogP contribution in [0, 0.1) is 0 Å². The molecule has 3 aromatic rings. The van der Waals surface area contributed by atoms with Crippen LogP contribution in [0.5, 0.6) is 0 Å². The Kier molecular flexibility index (Phi) is 5.18. The third-order valence-electron chi connectivity index (χ3n) is 3.42. The molecule has 0 saturated carbocycles. The maximum absolute atomic E-state index is 12.1. The van der Waals surface area contributed by atoms with Crippen LogP contribution in [0.25, 0.3) is 0 Å². The summed E-state index contributed by atoms with van der Waals surface area (Å²) in [5.74, 6) is -0.242. The van der Waals surface area contributed by atoms with Gasteiger partial charge in [0.25, 0.3) is 5.91 Å². The van der Waals surface area contributed by atoms with Gasteiger partial charge in [0.05, 0.1) is 12.7 Å². The largest absolute Gasteiger partial charge is 0.350 e. The second-order valence-electron chi connectivity index (χ2n) is 5.25. The minimum absolute atomic E-state index is 0.242. The molecule has 0 radical (unpaired) electrons. The maximum Gasteiger partial charge on any atom is 0.273 e. The van der Waals surface area contributed by atoms with Gasteiger partial charge in [-0.3, -0.25) is 9.78 Å². The number of benzene rings is 1. The van der Waals surface area contributed by atoms with Crippen molar-refractivity contribution in [3.63, 3.8) is 0 Å². The zero-order valence-corrected chi connectivity index (χ0v) is 13.6. The summed E-state index contributed by atoms with van der Waals surface area (Å²) in [6.07, 6.45) is 4.04. The van der Waals surface area contributed by atoms with Crippen LogP contribution >= 0.6 is 11.6 Å². The van der Waals surface area contributed by atoms with Gasteiger partial charge >= 0.3 is 0 Å². The van der Waals surface area contributed by atoms with E-state index in [-0.39, 0.29) is 5.91 Å². The Hall–Kier alpha value is -2.73. The highest BCUT2D eigenvalue weighted by Crippen LogP contribution is 2.10. The maximum atomic E-state index is 12.1. The summed E-state index contributed by atoms with van der Waals surface area (Å²) in [4.78, 5) is 16.3. The first-order valence-electron chi connectivity index (χ1n) is 7.53. The molecule has 0 atom stereocenters. The van der Waals surface area contributed by atoms with Crippen molar-refractivity contribution >= 4 is 17.5 Å². The lowest BCUT2D eigenvalue weighted by molar-refractivity contribution is 0.0949. The number of hydrogen-bond acceptors (Lipinski definition) is 4. The van der Waals surface area contributed by atoms with E-state index in [4.69, 9.17) is 11.6 Å². The van der Waals surface area contributed by atoms with Crippen molar-refractivity contribution in [2.75, 3.05) is 6.54 Å². The molecule has 1 N–H and O–H groups in total. The number of halogens is 1. The number of carbonyl (C=O) groups is 1. The lowest BCUT2D eigenvalue weighted by Gasteiger charge is -2.02. The summed E-state index contributed by atoms with van der Waals surface area (Å²) in [5, 5.41) is 11.4. The highest BCUT2D eigenvalue weighted by molar-refractivity contribution is 6.30. The second kappa shape index (κ2) is 7.70. The van der Waals surface area contributed by atoms with Crippen LogP contribution in [0.3, 0.4) is 0 Å². The highest BCUT2D eigenvalue weighted by atomic mass is 35.5. The molecule has 0 fully saturated rings. The van der Waals surface area contributed by atoms with Crippen LogP contribution < -0.4 is 5.32 Å². The minimum atomic E-state index is -0.242. The number of pyridine rings is 1. The number of nitrogens with one attached hydrogen (secondary N) is 1. The summed E-state index contributed by atoms with van der Waals surface area (Å²) in [7, 11) is 0. The van der Waals surface area contributed by atoms with Gasteiger partial charge in [-0.1, -0.05) is 35.0 Å². The van der Waals surface area contributed by atoms with Gasteiger partial charge in [-0.2, -0.15) is 0 Å². The normalized spacial score (nSPS) is 10.5. The van der Waals surface area contributed by atoms with Crippen molar-refractivity contribution in [3.05, 3.63) is 76.8 Å². The molecule has 0 bridgehead atoms. The monoisotopic (exact) mass is 341 g/mol. The molecule has 0 saturated heterocycles. The van der Waals surface area contributed by atoms with E-state index in [2.05, 4.69) is 20.6 Å². The Morgan fingerprint density at radius 2 is 2.00 bits per heavy atom. The molecule has 6 nitrogen and oxygen atoms in total. The SMILES string of the molecule is O=C(NCCc1ccccn1)c1cn(Cc2ccc(Cl)cc2)nn1. The first kappa shape index (κ1) is 16.1. The highest BCUT2D eigenvalue weighted by Gasteiger charge is 2.10. The number of hydrogen-bond donors (Lipinski definition) is 1. The van der Waals surface area contributed by atoms with E-state index in [0.717, 1.165) is 11.3 Å². The molecule has 0 aliphatic rings. The number of aromatic nitrogens is 4. The molecule has 0 aliphatic carbocycles. The Bertz CT molecular complexity index is 801. The van der Waals surface area contributed by atoms with Gasteiger partial charge in [-0.15, -0.1) is 5.10 Å². The van der Waals surface area contributed by atoms with E-state index >= 15 is 0 Å². The van der Waals surface area contributed by atoms with Crippen LogP contribution in [0.4, 0.5) is 0 Å². The standard InChI is InChI=1S/C17H16ClN5O/c18-14-6-4-13(5-7-14)11-23-12-16(21-22-23)17(24)20-10-8-15-3-1-2-9-19-15/h1-7,9,12H,8,10-11H2,(H,20,24). The van der Waals surface area contributed by atoms with Gasteiger partial charge < -0.3 is 5.32 Å². The van der Waals surface area contributed by atoms with Crippen molar-refractivity contribution in [1.82, 2.24) is 25.3 Å². The van der Waals surface area contributed by atoms with Gasteiger partial charge in [0.2, 0.25) is 0 Å². The van der Waals surface area contributed by atoms with E-state index in [0.29, 0.717) is 30.2 Å². The molecule has 0 unspecified atom stereocenters. The van der Waals surface area contributed by atoms with E-state index < -0.39 is 0 Å². The van der Waals surface area contributed by atoms with E-state index in [1.807, 2.05) is 42.5 Å². The first-order chi connectivity index (χ1) is 11.7. The molecule has 7 heteroatoms. The lowest BCUT2D eigenvalue weighted by atomic mass is 10.2. The van der Waals surface area contributed by atoms with Crippen molar-refractivity contribution in [3.8, 4) is 0 Å². The van der Waals surface area contributed by atoms with Crippen molar-refractivity contribution in [1.29, 1.82) is 0 Å². The zero-order chi connectivity index (χ0) is 16.8. The quantitative estimate of drug-likeness (QED) is 0.747. The van der Waals surface area contributed by atoms with Crippen molar-refractivity contribution in [2.24, 2.45) is 0 Å². The molecular formula is C17H16ClN5O. The van der Waals surface area contributed by atoms with Gasteiger partial charge in [0.15, 0.2) is 5.69 Å². The molecular weight excluding hydrogens is 326 g/mol. The molecule has 2 aromatic heterocycles. The van der Waals surface area contributed by atoms with Crippen LogP contribution in [0.2, 0.25) is 5.02 Å². The smallest absolute Gasteiger partial charge is 0.273 e. The lowest BCUT2D eigenvalue weighted by Crippen LogP contribution is -2.26. The predicted molar refractivity (Wildman–Crippen MR) is 90.9 cm³/mol. The number of carbonyl (C=O) groups excluding carboxylic acids is 1. The Balaban J connectivity index is 1.52. The predicted octanol–water partition coefficient (Wildman–Crippen LogP) is 2.35. The van der Waals surface area contributed by atoms with Crippen LogP contribution in [0.1, 0.15) is 21.7 Å². The summed E-state index contributed by atoms with van der Waals surface area (Å²) in [6, 6.07) is 13.2. The van der Waals surface area contributed by atoms with Gasteiger partial charge in [0, 0.05) is 29.9 Å². The fourth-order valence-corrected chi connectivity index (χ4v) is 2.32.